The molecule has 1 aliphatic heterocycles. The van der Waals surface area contributed by atoms with Gasteiger partial charge in [0.2, 0.25) is 5.95 Å². The third kappa shape index (κ3) is 7.33. The number of anilines is 2. The molecule has 1 atom stereocenters. The molecule has 6 rings (SSSR count). The first kappa shape index (κ1) is 35.3. The molecule has 16 heteroatoms. The van der Waals surface area contributed by atoms with Crippen molar-refractivity contribution in [3.8, 4) is 6.07 Å². The molecular weight excluding hydrogens is 677 g/mol. The zero-order valence-corrected chi connectivity index (χ0v) is 27.1. The molecular formula is C34H27F3N6O6S. The lowest BCUT2D eigenvalue weighted by Crippen LogP contribution is -2.39. The van der Waals surface area contributed by atoms with Crippen LogP contribution in [0.5, 0.6) is 0 Å². The number of H-pyrrole nitrogens is 1. The summed E-state index contributed by atoms with van der Waals surface area (Å²) >= 11 is 0. The lowest BCUT2D eigenvalue weighted by molar-refractivity contribution is -0.688. The molecule has 1 aliphatic rings. The maximum atomic E-state index is 13.6. The molecule has 0 saturated heterocycles. The van der Waals surface area contributed by atoms with Crippen molar-refractivity contribution in [1.29, 1.82) is 5.26 Å². The van der Waals surface area contributed by atoms with E-state index in [1.165, 1.54) is 53.0 Å². The number of allylic oxidation sites excluding steroid dienone is 1. The molecule has 0 radical (unpaired) electrons. The first-order chi connectivity index (χ1) is 23.7. The first-order valence-corrected chi connectivity index (χ1v) is 16.1. The Morgan fingerprint density at radius 2 is 1.72 bits per heavy atom. The van der Waals surface area contributed by atoms with Gasteiger partial charge < -0.3 is 9.29 Å². The molecule has 50 heavy (non-hydrogen) atoms. The van der Waals surface area contributed by atoms with Crippen molar-refractivity contribution in [2.24, 2.45) is 0 Å². The van der Waals surface area contributed by atoms with E-state index in [0.29, 0.717) is 23.2 Å². The van der Waals surface area contributed by atoms with Gasteiger partial charge in [0.1, 0.15) is 16.2 Å². The number of halogens is 3. The van der Waals surface area contributed by atoms with Crippen molar-refractivity contribution in [3.63, 3.8) is 0 Å². The van der Waals surface area contributed by atoms with Gasteiger partial charge in [-0.1, -0.05) is 36.4 Å². The number of hydrogen-bond donors (Lipinski definition) is 1. The summed E-state index contributed by atoms with van der Waals surface area (Å²) in [7, 11) is -3.07. The minimum atomic E-state index is -4.62. The van der Waals surface area contributed by atoms with Crippen molar-refractivity contribution in [2.45, 2.75) is 30.6 Å². The number of carbonyl (C=O) groups excluding carboxylic acids is 1. The van der Waals surface area contributed by atoms with Crippen LogP contribution in [0.1, 0.15) is 35.2 Å². The number of rotatable bonds is 6. The van der Waals surface area contributed by atoms with Crippen molar-refractivity contribution >= 4 is 27.7 Å². The van der Waals surface area contributed by atoms with Crippen LogP contribution in [0.3, 0.4) is 0 Å². The Kier molecular flexibility index (Phi) is 10.0. The molecule has 0 fully saturated rings. The number of nitriles is 1. The molecule has 0 unspecified atom stereocenters. The SMILES string of the molecule is COC(=O)C1=C(C)N(c2cccc(C(F)(F)F)c2)c2n[nH]c(=O)n2[C@@H]1c1ccc(C#N)cc1C[n+]1ccccc1.O=S(=O)([O-])c1ccccc1. The molecule has 0 amide bonds. The highest BCUT2D eigenvalue weighted by molar-refractivity contribution is 7.85. The largest absolute Gasteiger partial charge is 0.744 e. The Hall–Kier alpha value is -6.05. The molecule has 0 bridgehead atoms. The van der Waals surface area contributed by atoms with Gasteiger partial charge in [0.15, 0.2) is 18.9 Å². The van der Waals surface area contributed by atoms with Crippen molar-refractivity contribution in [1.82, 2.24) is 14.8 Å². The van der Waals surface area contributed by atoms with Crippen molar-refractivity contribution in [2.75, 3.05) is 12.0 Å². The van der Waals surface area contributed by atoms with Gasteiger partial charge in [-0.15, -0.1) is 5.10 Å². The van der Waals surface area contributed by atoms with E-state index in [1.807, 2.05) is 35.2 Å². The van der Waals surface area contributed by atoms with Crippen molar-refractivity contribution < 1.29 is 40.2 Å². The third-order valence-corrected chi connectivity index (χ3v) is 8.56. The summed E-state index contributed by atoms with van der Waals surface area (Å²) in [6, 6.07) is 23.2. The van der Waals surface area contributed by atoms with E-state index in [2.05, 4.69) is 16.3 Å². The number of aromatic nitrogens is 4. The quantitative estimate of drug-likeness (QED) is 0.151. The normalized spacial score (nSPS) is 14.3. The van der Waals surface area contributed by atoms with Crippen LogP contribution in [0.15, 0.2) is 124 Å². The molecule has 1 N–H and O–H groups in total. The number of methoxy groups -OCH3 is 1. The van der Waals surface area contributed by atoms with Gasteiger partial charge in [-0.2, -0.15) is 18.4 Å². The van der Waals surface area contributed by atoms with E-state index in [-0.39, 0.29) is 27.8 Å². The molecule has 5 aromatic rings. The van der Waals surface area contributed by atoms with Crippen LogP contribution in [-0.4, -0.2) is 40.8 Å². The van der Waals surface area contributed by atoms with Crippen LogP contribution >= 0.6 is 0 Å². The first-order valence-electron chi connectivity index (χ1n) is 14.7. The number of alkyl halides is 3. The zero-order valence-electron chi connectivity index (χ0n) is 26.3. The van der Waals surface area contributed by atoms with Crippen LogP contribution in [0.2, 0.25) is 0 Å². The summed E-state index contributed by atoms with van der Waals surface area (Å²) in [5.41, 5.74) is 0.241. The number of fused-ring (bicyclic) bond motifs is 1. The summed E-state index contributed by atoms with van der Waals surface area (Å²) in [4.78, 5) is 27.6. The number of nitrogens with one attached hydrogen (secondary N) is 1. The van der Waals surface area contributed by atoms with E-state index in [0.717, 1.165) is 12.1 Å². The number of nitrogens with zero attached hydrogens (tertiary/aromatic N) is 5. The summed E-state index contributed by atoms with van der Waals surface area (Å²) in [5, 5.41) is 16.1. The predicted molar refractivity (Wildman–Crippen MR) is 171 cm³/mol. The van der Waals surface area contributed by atoms with E-state index >= 15 is 0 Å². The number of hydrogen-bond acceptors (Lipinski definition) is 9. The lowest BCUT2D eigenvalue weighted by Gasteiger charge is -2.36. The molecule has 0 aliphatic carbocycles. The van der Waals surface area contributed by atoms with Gasteiger partial charge in [-0.3, -0.25) is 4.90 Å². The standard InChI is InChI=1S/C28H21F3N6O3.C6H6O3S/c1-17-23(25(38)40-2)24(22-10-9-18(15-32)13-19(22)16-35-11-4-3-5-12-35)37-26(33-34-27(37)39)36(17)21-8-6-7-20(14-21)28(29,30)31;7-10(8,9)6-4-2-1-3-5-6/h3-14,24H,16H2,1-2H3;1-5H,(H,7,8,9)/t24-;/m1./s1. The van der Waals surface area contributed by atoms with E-state index in [1.54, 1.807) is 31.2 Å². The maximum absolute atomic E-state index is 13.6. The van der Waals surface area contributed by atoms with Gasteiger partial charge >= 0.3 is 17.8 Å². The number of benzene rings is 3. The molecule has 2 aromatic heterocycles. The second-order valence-electron chi connectivity index (χ2n) is 10.8. The number of esters is 1. The van der Waals surface area contributed by atoms with Crippen LogP contribution in [-0.2, 0) is 32.4 Å². The Morgan fingerprint density at radius 3 is 2.32 bits per heavy atom. The monoisotopic (exact) mass is 704 g/mol. The van der Waals surface area contributed by atoms with E-state index < -0.39 is 39.6 Å². The predicted octanol–water partition coefficient (Wildman–Crippen LogP) is 4.58. The Morgan fingerprint density at radius 1 is 1.04 bits per heavy atom. The summed E-state index contributed by atoms with van der Waals surface area (Å²) in [6.45, 7) is 1.85. The summed E-state index contributed by atoms with van der Waals surface area (Å²) in [5.74, 6) is -0.789. The average Bonchev–Trinajstić information content (AvgIpc) is 3.48. The van der Waals surface area contributed by atoms with Gasteiger partial charge in [0.25, 0.3) is 0 Å². The highest BCUT2D eigenvalue weighted by Crippen LogP contribution is 2.43. The molecule has 0 spiro atoms. The second kappa shape index (κ2) is 14.2. The van der Waals surface area contributed by atoms with Gasteiger partial charge in [-0.05, 0) is 55.0 Å². The number of aromatic amines is 1. The van der Waals surface area contributed by atoms with Crippen LogP contribution in [0.4, 0.5) is 24.8 Å². The molecule has 256 valence electrons. The van der Waals surface area contributed by atoms with E-state index in [4.69, 9.17) is 4.74 Å². The highest BCUT2D eigenvalue weighted by atomic mass is 32.2. The summed E-state index contributed by atoms with van der Waals surface area (Å²) in [6.07, 6.45) is -0.956. The van der Waals surface area contributed by atoms with E-state index in [9.17, 15) is 41.0 Å². The minimum Gasteiger partial charge on any atom is -0.744 e. The minimum absolute atomic E-state index is 0.0119. The lowest BCUT2D eigenvalue weighted by atomic mass is 9.90. The molecule has 0 saturated carbocycles. The topological polar surface area (TPSA) is 165 Å². The fourth-order valence-electron chi connectivity index (χ4n) is 5.48. The van der Waals surface area contributed by atoms with Crippen LogP contribution < -0.4 is 15.2 Å². The third-order valence-electron chi connectivity index (χ3n) is 7.71. The smallest absolute Gasteiger partial charge is 0.416 e. The van der Waals surface area contributed by atoms with Crippen LogP contribution in [0.25, 0.3) is 0 Å². The zero-order chi connectivity index (χ0) is 36.2. The van der Waals surface area contributed by atoms with Gasteiger partial charge in [0.05, 0.1) is 34.8 Å². The highest BCUT2D eigenvalue weighted by Gasteiger charge is 2.41. The number of pyridine rings is 1. The van der Waals surface area contributed by atoms with Gasteiger partial charge in [-0.25, -0.2) is 32.2 Å². The number of carbonyl (C=O) groups is 1. The van der Waals surface area contributed by atoms with Gasteiger partial charge in [0, 0.05) is 29.1 Å². The molecule has 3 heterocycles. The second-order valence-corrected chi connectivity index (χ2v) is 12.2. The maximum Gasteiger partial charge on any atom is 0.416 e. The fourth-order valence-corrected chi connectivity index (χ4v) is 5.97. The fraction of sp³-hybridized carbons (Fsp3) is 0.147. The molecule has 3 aromatic carbocycles. The van der Waals surface area contributed by atoms with Crippen molar-refractivity contribution in [3.05, 3.63) is 147 Å². The Balaban J connectivity index is 0.000000418. The average molecular weight is 705 g/mol. The number of ether oxygens (including phenoxy) is 1. The molecule has 12 nitrogen and oxygen atoms in total. The Bertz CT molecular complexity index is 2280. The summed E-state index contributed by atoms with van der Waals surface area (Å²) < 4.78 is 79.7. The van der Waals surface area contributed by atoms with Crippen LogP contribution in [0, 0.1) is 11.3 Å². The Labute approximate surface area is 283 Å².